The Morgan fingerprint density at radius 2 is 2.11 bits per heavy atom. The van der Waals surface area contributed by atoms with Gasteiger partial charge in [0, 0.05) is 69.4 Å². The number of hydrogen-bond donors (Lipinski definition) is 1. The summed E-state index contributed by atoms with van der Waals surface area (Å²) in [6.07, 6.45) is 1.84. The molecule has 28 heavy (non-hydrogen) atoms. The van der Waals surface area contributed by atoms with Crippen molar-refractivity contribution in [3.63, 3.8) is 0 Å². The minimum Gasteiger partial charge on any atom is -0.347 e. The highest BCUT2D eigenvalue weighted by Crippen LogP contribution is 2.42. The zero-order valence-electron chi connectivity index (χ0n) is 17.1. The number of likely N-dealkylation sites (tertiary alicyclic amines) is 1. The minimum absolute atomic E-state index is 0.00377. The summed E-state index contributed by atoms with van der Waals surface area (Å²) in [6, 6.07) is 4.97. The number of nitrogens with one attached hydrogen (secondary N) is 1. The lowest BCUT2D eigenvalue weighted by molar-refractivity contribution is -0.135. The van der Waals surface area contributed by atoms with Gasteiger partial charge in [0.2, 0.25) is 5.91 Å². The molecule has 2 aliphatic rings. The largest absolute Gasteiger partial charge is 0.347 e. The van der Waals surface area contributed by atoms with E-state index < -0.39 is 6.04 Å². The van der Waals surface area contributed by atoms with Crippen LogP contribution in [0.15, 0.2) is 23.0 Å². The summed E-state index contributed by atoms with van der Waals surface area (Å²) in [5.74, 6) is 1.42. The molecule has 3 atom stereocenters. The molecule has 0 unspecified atom stereocenters. The number of H-pyrrole nitrogens is 1. The third kappa shape index (κ3) is 3.17. The Morgan fingerprint density at radius 1 is 1.32 bits per heavy atom. The number of carbonyl (C=O) groups is 1. The van der Waals surface area contributed by atoms with Gasteiger partial charge in [-0.3, -0.25) is 19.1 Å². The average molecular weight is 383 g/mol. The maximum absolute atomic E-state index is 13.0. The molecule has 0 aliphatic carbocycles. The van der Waals surface area contributed by atoms with E-state index in [4.69, 9.17) is 4.98 Å². The molecule has 0 aromatic carbocycles. The van der Waals surface area contributed by atoms with E-state index in [1.54, 1.807) is 29.6 Å². The molecular formula is C21H29N5O2. The number of rotatable bonds is 4. The highest BCUT2D eigenvalue weighted by molar-refractivity contribution is 5.80. The SMILES string of the molecule is CCc1nc(CN2C[C@H]3C[C@@H](C2)[C@H](C(=O)N(C)C)n2c3cccc2=O)c(C)[nH]1. The Bertz CT molecular complexity index is 945. The first-order valence-electron chi connectivity index (χ1n) is 10.1. The predicted octanol–water partition coefficient (Wildman–Crippen LogP) is 1.69. The first kappa shape index (κ1) is 18.9. The summed E-state index contributed by atoms with van der Waals surface area (Å²) in [7, 11) is 3.53. The van der Waals surface area contributed by atoms with Crippen molar-refractivity contribution in [2.45, 2.75) is 45.2 Å². The zero-order valence-corrected chi connectivity index (χ0v) is 17.1. The van der Waals surface area contributed by atoms with Crippen LogP contribution in [0, 0.1) is 12.8 Å². The number of aryl methyl sites for hydroxylation is 2. The molecule has 1 N–H and O–H groups in total. The van der Waals surface area contributed by atoms with Crippen LogP contribution in [-0.2, 0) is 17.8 Å². The van der Waals surface area contributed by atoms with Crippen LogP contribution in [0.3, 0.4) is 0 Å². The number of aromatic nitrogens is 3. The summed E-state index contributed by atoms with van der Waals surface area (Å²) in [5.41, 5.74) is 3.11. The van der Waals surface area contributed by atoms with Crippen molar-refractivity contribution in [3.8, 4) is 0 Å². The molecule has 0 radical (unpaired) electrons. The van der Waals surface area contributed by atoms with Crippen LogP contribution in [0.4, 0.5) is 0 Å². The van der Waals surface area contributed by atoms with Crippen LogP contribution in [0.25, 0.3) is 0 Å². The van der Waals surface area contributed by atoms with Gasteiger partial charge in [-0.1, -0.05) is 13.0 Å². The molecule has 2 bridgehead atoms. The lowest BCUT2D eigenvalue weighted by Gasteiger charge is -2.46. The summed E-state index contributed by atoms with van der Waals surface area (Å²) in [5, 5.41) is 0. The Hall–Kier alpha value is -2.41. The predicted molar refractivity (Wildman–Crippen MR) is 107 cm³/mol. The quantitative estimate of drug-likeness (QED) is 0.872. The number of aromatic amines is 1. The summed E-state index contributed by atoms with van der Waals surface area (Å²) in [6.45, 7) is 6.63. The smallest absolute Gasteiger partial charge is 0.251 e. The fourth-order valence-electron chi connectivity index (χ4n) is 4.84. The van der Waals surface area contributed by atoms with Gasteiger partial charge in [0.1, 0.15) is 11.9 Å². The molecule has 7 heteroatoms. The van der Waals surface area contributed by atoms with E-state index in [9.17, 15) is 9.59 Å². The molecule has 1 saturated heterocycles. The second-order valence-corrected chi connectivity index (χ2v) is 8.33. The molecule has 2 aromatic heterocycles. The van der Waals surface area contributed by atoms with E-state index >= 15 is 0 Å². The van der Waals surface area contributed by atoms with E-state index in [0.29, 0.717) is 0 Å². The van der Waals surface area contributed by atoms with E-state index in [1.165, 1.54) is 0 Å². The molecule has 7 nitrogen and oxygen atoms in total. The van der Waals surface area contributed by atoms with Crippen molar-refractivity contribution in [2.75, 3.05) is 27.2 Å². The Labute approximate surface area is 165 Å². The van der Waals surface area contributed by atoms with Crippen LogP contribution in [0.5, 0.6) is 0 Å². The highest BCUT2D eigenvalue weighted by Gasteiger charge is 2.44. The summed E-state index contributed by atoms with van der Waals surface area (Å²) in [4.78, 5) is 37.8. The molecule has 2 aliphatic heterocycles. The van der Waals surface area contributed by atoms with Crippen molar-refractivity contribution in [1.29, 1.82) is 0 Å². The summed E-state index contributed by atoms with van der Waals surface area (Å²) < 4.78 is 1.76. The first-order valence-corrected chi connectivity index (χ1v) is 10.1. The maximum atomic E-state index is 13.0. The number of imidazole rings is 1. The second kappa shape index (κ2) is 7.20. The van der Waals surface area contributed by atoms with Crippen molar-refractivity contribution in [2.24, 2.45) is 5.92 Å². The molecule has 0 saturated carbocycles. The fraction of sp³-hybridized carbons (Fsp3) is 0.571. The molecule has 4 heterocycles. The number of amides is 1. The number of nitrogens with zero attached hydrogens (tertiary/aromatic N) is 4. The molecule has 2 aromatic rings. The standard InChI is InChI=1S/C21H29N5O2/c1-5-18-22-13(2)16(23-18)12-25-10-14-9-15(11-25)20(21(28)24(3)4)26-17(14)7-6-8-19(26)27/h6-8,14-15,20H,5,9-12H2,1-4H3,(H,22,23)/t14-,15+,20-/m1/s1. The monoisotopic (exact) mass is 383 g/mol. The number of carbonyl (C=O) groups excluding carboxylic acids is 1. The summed E-state index contributed by atoms with van der Waals surface area (Å²) >= 11 is 0. The van der Waals surface area contributed by atoms with Gasteiger partial charge >= 0.3 is 0 Å². The van der Waals surface area contributed by atoms with Gasteiger partial charge in [0.05, 0.1) is 5.69 Å². The van der Waals surface area contributed by atoms with Gasteiger partial charge in [-0.15, -0.1) is 0 Å². The molecule has 1 amide bonds. The minimum atomic E-state index is -0.427. The number of piperidine rings is 1. The third-order valence-electron chi connectivity index (χ3n) is 6.16. The van der Waals surface area contributed by atoms with Crippen LogP contribution in [-0.4, -0.2) is 57.4 Å². The normalized spacial score (nSPS) is 24.1. The van der Waals surface area contributed by atoms with Gasteiger partial charge in [-0.05, 0) is 19.4 Å². The molecule has 150 valence electrons. The number of hydrogen-bond acceptors (Lipinski definition) is 4. The lowest BCUT2D eigenvalue weighted by Crippen LogP contribution is -2.53. The van der Waals surface area contributed by atoms with Crippen molar-refractivity contribution >= 4 is 5.91 Å². The third-order valence-corrected chi connectivity index (χ3v) is 6.16. The van der Waals surface area contributed by atoms with E-state index in [-0.39, 0.29) is 23.3 Å². The first-order chi connectivity index (χ1) is 13.4. The molecule has 1 fully saturated rings. The van der Waals surface area contributed by atoms with E-state index in [0.717, 1.165) is 55.4 Å². The second-order valence-electron chi connectivity index (χ2n) is 8.33. The van der Waals surface area contributed by atoms with Crippen molar-refractivity contribution in [3.05, 3.63) is 51.5 Å². The number of fused-ring (bicyclic) bond motifs is 4. The topological polar surface area (TPSA) is 74.2 Å². The Kier molecular flexibility index (Phi) is 4.87. The Morgan fingerprint density at radius 3 is 2.79 bits per heavy atom. The van der Waals surface area contributed by atoms with Crippen LogP contribution in [0.2, 0.25) is 0 Å². The molecular weight excluding hydrogens is 354 g/mol. The van der Waals surface area contributed by atoms with Gasteiger partial charge in [-0.2, -0.15) is 0 Å². The lowest BCUT2D eigenvalue weighted by atomic mass is 9.78. The van der Waals surface area contributed by atoms with Gasteiger partial charge in [-0.25, -0.2) is 4.98 Å². The highest BCUT2D eigenvalue weighted by atomic mass is 16.2. The Balaban J connectivity index is 1.68. The van der Waals surface area contributed by atoms with Crippen LogP contribution >= 0.6 is 0 Å². The van der Waals surface area contributed by atoms with Gasteiger partial charge in [0.25, 0.3) is 5.56 Å². The zero-order chi connectivity index (χ0) is 20.0. The number of likely N-dealkylation sites (N-methyl/N-ethyl adjacent to an activating group) is 1. The molecule has 0 spiro atoms. The van der Waals surface area contributed by atoms with Gasteiger partial charge < -0.3 is 9.88 Å². The van der Waals surface area contributed by atoms with Gasteiger partial charge in [0.15, 0.2) is 0 Å². The van der Waals surface area contributed by atoms with Crippen molar-refractivity contribution in [1.82, 2.24) is 24.3 Å². The van der Waals surface area contributed by atoms with E-state index in [2.05, 4.69) is 23.7 Å². The van der Waals surface area contributed by atoms with E-state index in [1.807, 2.05) is 12.1 Å². The fourth-order valence-corrected chi connectivity index (χ4v) is 4.84. The molecule has 4 rings (SSSR count). The van der Waals surface area contributed by atoms with Crippen LogP contribution < -0.4 is 5.56 Å². The maximum Gasteiger partial charge on any atom is 0.251 e. The average Bonchev–Trinajstić information content (AvgIpc) is 3.02. The van der Waals surface area contributed by atoms with Crippen molar-refractivity contribution < 1.29 is 4.79 Å². The van der Waals surface area contributed by atoms with Crippen LogP contribution in [0.1, 0.15) is 48.2 Å². The number of pyridine rings is 1.